The Morgan fingerprint density at radius 2 is 1.81 bits per heavy atom. The number of hydrogen-bond donors (Lipinski definition) is 0. The fraction of sp³-hybridized carbons (Fsp3) is 0.120. The van der Waals surface area contributed by atoms with Gasteiger partial charge in [-0.1, -0.05) is 48.5 Å². The topological polar surface area (TPSA) is 74.6 Å². The molecule has 2 aromatic carbocycles. The predicted octanol–water partition coefficient (Wildman–Crippen LogP) is 5.23. The summed E-state index contributed by atoms with van der Waals surface area (Å²) >= 11 is 0. The van der Waals surface area contributed by atoms with E-state index >= 15 is 0 Å². The van der Waals surface area contributed by atoms with E-state index in [-0.39, 0.29) is 6.61 Å². The maximum absolute atomic E-state index is 13.2. The molecule has 0 unspecified atom stereocenters. The third kappa shape index (κ3) is 3.13. The first-order valence-corrected chi connectivity index (χ1v) is 10.0. The molecule has 0 atom stereocenters. The lowest BCUT2D eigenvalue weighted by Crippen LogP contribution is -2.10. The molecule has 6 nitrogen and oxygen atoms in total. The van der Waals surface area contributed by atoms with Gasteiger partial charge in [-0.05, 0) is 24.6 Å². The molecule has 0 spiro atoms. The molecule has 0 saturated carbocycles. The van der Waals surface area contributed by atoms with E-state index in [1.165, 1.54) is 6.26 Å². The fourth-order valence-corrected chi connectivity index (χ4v) is 4.03. The van der Waals surface area contributed by atoms with Crippen LogP contribution in [0.5, 0.6) is 0 Å². The van der Waals surface area contributed by atoms with E-state index in [4.69, 9.17) is 13.6 Å². The number of para-hydroxylation sites is 1. The Morgan fingerprint density at radius 3 is 2.55 bits per heavy atom. The largest absolute Gasteiger partial charge is 0.472 e. The van der Waals surface area contributed by atoms with Crippen molar-refractivity contribution in [3.8, 4) is 11.3 Å². The van der Waals surface area contributed by atoms with Crippen molar-refractivity contribution in [2.24, 2.45) is 0 Å². The third-order valence-electron chi connectivity index (χ3n) is 5.27. The number of ether oxygens (including phenoxy) is 1. The van der Waals surface area contributed by atoms with E-state index < -0.39 is 11.6 Å². The Balaban J connectivity index is 1.96. The Morgan fingerprint density at radius 1 is 1.03 bits per heavy atom. The molecular formula is C25H19NO5. The number of furan rings is 1. The fourth-order valence-electron chi connectivity index (χ4n) is 4.03. The smallest absolute Gasteiger partial charge is 0.361 e. The average molecular weight is 413 g/mol. The quantitative estimate of drug-likeness (QED) is 0.291. The molecule has 31 heavy (non-hydrogen) atoms. The monoisotopic (exact) mass is 413 g/mol. The number of esters is 1. The first-order valence-electron chi connectivity index (χ1n) is 10.0. The van der Waals surface area contributed by atoms with Gasteiger partial charge in [0.05, 0.1) is 30.4 Å². The second-order valence-corrected chi connectivity index (χ2v) is 7.14. The minimum Gasteiger partial charge on any atom is -0.472 e. The van der Waals surface area contributed by atoms with Crippen LogP contribution < -0.4 is 5.63 Å². The van der Waals surface area contributed by atoms with E-state index in [1.807, 2.05) is 47.0 Å². The molecule has 3 heterocycles. The van der Waals surface area contributed by atoms with Crippen LogP contribution in [-0.2, 0) is 11.3 Å². The summed E-state index contributed by atoms with van der Waals surface area (Å²) in [6.07, 6.45) is 3.09. The maximum Gasteiger partial charge on any atom is 0.361 e. The molecule has 0 radical (unpaired) electrons. The molecule has 0 aliphatic rings. The predicted molar refractivity (Wildman–Crippen MR) is 117 cm³/mol. The van der Waals surface area contributed by atoms with E-state index in [0.29, 0.717) is 45.2 Å². The van der Waals surface area contributed by atoms with Crippen molar-refractivity contribution in [1.82, 2.24) is 4.57 Å². The average Bonchev–Trinajstić information content (AvgIpc) is 3.41. The number of rotatable bonds is 5. The Labute approximate surface area is 177 Å². The second kappa shape index (κ2) is 7.65. The minimum absolute atomic E-state index is 0.217. The SMILES string of the molecule is CCOC(=O)c1c(-c2ccoc2)n(Cc2ccccc2)c2c(=O)oc3ccccc3c12. The molecule has 3 aromatic heterocycles. The number of aromatic nitrogens is 1. The van der Waals surface area contributed by atoms with Gasteiger partial charge in [0.15, 0.2) is 0 Å². The molecular weight excluding hydrogens is 394 g/mol. The van der Waals surface area contributed by atoms with Crippen LogP contribution in [0.2, 0.25) is 0 Å². The highest BCUT2D eigenvalue weighted by Gasteiger charge is 2.29. The van der Waals surface area contributed by atoms with Gasteiger partial charge in [-0.15, -0.1) is 0 Å². The van der Waals surface area contributed by atoms with Gasteiger partial charge in [0.25, 0.3) is 0 Å². The second-order valence-electron chi connectivity index (χ2n) is 7.14. The summed E-state index contributed by atoms with van der Waals surface area (Å²) in [4.78, 5) is 26.4. The molecule has 154 valence electrons. The van der Waals surface area contributed by atoms with Gasteiger partial charge in [-0.3, -0.25) is 0 Å². The number of benzene rings is 2. The molecule has 0 aliphatic heterocycles. The summed E-state index contributed by atoms with van der Waals surface area (Å²) in [5.74, 6) is -0.494. The van der Waals surface area contributed by atoms with Crippen LogP contribution in [0.25, 0.3) is 33.1 Å². The van der Waals surface area contributed by atoms with Crippen LogP contribution in [0.15, 0.2) is 86.8 Å². The summed E-state index contributed by atoms with van der Waals surface area (Å²) in [5, 5.41) is 1.20. The zero-order valence-electron chi connectivity index (χ0n) is 16.8. The van der Waals surface area contributed by atoms with Gasteiger partial charge >= 0.3 is 11.6 Å². The number of hydrogen-bond acceptors (Lipinski definition) is 5. The lowest BCUT2D eigenvalue weighted by Gasteiger charge is -2.10. The molecule has 5 aromatic rings. The maximum atomic E-state index is 13.2. The summed E-state index contributed by atoms with van der Waals surface area (Å²) in [7, 11) is 0. The van der Waals surface area contributed by atoms with E-state index in [2.05, 4.69) is 0 Å². The number of nitrogens with zero attached hydrogens (tertiary/aromatic N) is 1. The van der Waals surface area contributed by atoms with Gasteiger partial charge in [0.1, 0.15) is 11.1 Å². The van der Waals surface area contributed by atoms with Crippen molar-refractivity contribution in [2.45, 2.75) is 13.5 Å². The molecule has 0 aliphatic carbocycles. The zero-order valence-corrected chi connectivity index (χ0v) is 16.8. The number of carbonyl (C=O) groups is 1. The van der Waals surface area contributed by atoms with Crippen LogP contribution in [0.4, 0.5) is 0 Å². The Hall–Kier alpha value is -4.06. The summed E-state index contributed by atoms with van der Waals surface area (Å²) in [6, 6.07) is 18.7. The van der Waals surface area contributed by atoms with Crippen LogP contribution in [-0.4, -0.2) is 17.1 Å². The van der Waals surface area contributed by atoms with Gasteiger partial charge in [0, 0.05) is 22.9 Å². The Bertz CT molecular complexity index is 1440. The van der Waals surface area contributed by atoms with Crippen LogP contribution >= 0.6 is 0 Å². The Kier molecular flexibility index (Phi) is 4.67. The minimum atomic E-state index is -0.509. The molecule has 0 N–H and O–H groups in total. The van der Waals surface area contributed by atoms with Crippen molar-refractivity contribution < 1.29 is 18.4 Å². The lowest BCUT2D eigenvalue weighted by atomic mass is 10.0. The van der Waals surface area contributed by atoms with Gasteiger partial charge in [-0.2, -0.15) is 0 Å². The summed E-state index contributed by atoms with van der Waals surface area (Å²) < 4.78 is 18.2. The standard InChI is InChI=1S/C25H19NO5/c1-2-30-24(27)21-20-18-10-6-7-11-19(18)31-25(28)23(20)26(14-16-8-4-3-5-9-16)22(21)17-12-13-29-15-17/h3-13,15H,2,14H2,1H3. The van der Waals surface area contributed by atoms with E-state index in [0.717, 1.165) is 5.56 Å². The highest BCUT2D eigenvalue weighted by molar-refractivity contribution is 6.18. The third-order valence-corrected chi connectivity index (χ3v) is 5.27. The molecule has 0 saturated heterocycles. The van der Waals surface area contributed by atoms with Crippen molar-refractivity contribution >= 4 is 27.8 Å². The number of fused-ring (bicyclic) bond motifs is 3. The summed E-state index contributed by atoms with van der Waals surface area (Å²) in [5.41, 5.74) is 2.78. The van der Waals surface area contributed by atoms with Gasteiger partial charge in [0.2, 0.25) is 0 Å². The molecule has 0 bridgehead atoms. The first-order chi connectivity index (χ1) is 15.2. The summed E-state index contributed by atoms with van der Waals surface area (Å²) in [6.45, 7) is 2.35. The molecule has 0 fully saturated rings. The molecule has 0 amide bonds. The van der Waals surface area contributed by atoms with Crippen molar-refractivity contribution in [3.05, 3.63) is 94.7 Å². The highest BCUT2D eigenvalue weighted by atomic mass is 16.5. The van der Waals surface area contributed by atoms with Crippen molar-refractivity contribution in [3.63, 3.8) is 0 Å². The van der Waals surface area contributed by atoms with E-state index in [9.17, 15) is 9.59 Å². The lowest BCUT2D eigenvalue weighted by molar-refractivity contribution is 0.0529. The van der Waals surface area contributed by atoms with Crippen LogP contribution in [0.1, 0.15) is 22.8 Å². The van der Waals surface area contributed by atoms with Crippen molar-refractivity contribution in [1.29, 1.82) is 0 Å². The van der Waals surface area contributed by atoms with Crippen LogP contribution in [0, 0.1) is 0 Å². The van der Waals surface area contributed by atoms with Crippen molar-refractivity contribution in [2.75, 3.05) is 6.61 Å². The van der Waals surface area contributed by atoms with E-state index in [1.54, 1.807) is 31.4 Å². The molecule has 6 heteroatoms. The first kappa shape index (κ1) is 18.9. The number of carbonyl (C=O) groups excluding carboxylic acids is 1. The van der Waals surface area contributed by atoms with Gasteiger partial charge < -0.3 is 18.1 Å². The zero-order chi connectivity index (χ0) is 21.4. The highest BCUT2D eigenvalue weighted by Crippen LogP contribution is 2.37. The normalized spacial score (nSPS) is 11.3. The van der Waals surface area contributed by atoms with Crippen LogP contribution in [0.3, 0.4) is 0 Å². The molecule has 5 rings (SSSR count). The van der Waals surface area contributed by atoms with Gasteiger partial charge in [-0.25, -0.2) is 9.59 Å².